The van der Waals surface area contributed by atoms with Gasteiger partial charge in [0.25, 0.3) is 0 Å². The molecule has 0 saturated carbocycles. The first-order valence-corrected chi connectivity index (χ1v) is 5.82. The topological polar surface area (TPSA) is 77.2 Å². The summed E-state index contributed by atoms with van der Waals surface area (Å²) < 4.78 is 22.6. The van der Waals surface area contributed by atoms with E-state index in [0.717, 1.165) is 11.8 Å². The average molecular weight is 213 g/mol. The summed E-state index contributed by atoms with van der Waals surface area (Å²) >= 11 is 0. The average Bonchev–Trinajstić information content (AvgIpc) is 2.01. The van der Waals surface area contributed by atoms with Gasteiger partial charge in [-0.3, -0.25) is 4.79 Å². The van der Waals surface area contributed by atoms with Gasteiger partial charge in [0.15, 0.2) is 9.84 Å². The van der Waals surface area contributed by atoms with Gasteiger partial charge in [0, 0.05) is 6.26 Å². The highest BCUT2D eigenvalue weighted by molar-refractivity contribution is 7.90. The van der Waals surface area contributed by atoms with Crippen molar-refractivity contribution in [3.05, 3.63) is 29.3 Å². The maximum atomic E-state index is 11.3. The number of nitrogens with two attached hydrogens (primary N) is 1. The number of benzene rings is 1. The Morgan fingerprint density at radius 3 is 2.36 bits per heavy atom. The molecule has 0 atom stereocenters. The van der Waals surface area contributed by atoms with Crippen molar-refractivity contribution in [1.82, 2.24) is 0 Å². The minimum absolute atomic E-state index is 0.00926. The molecule has 1 aromatic carbocycles. The summed E-state index contributed by atoms with van der Waals surface area (Å²) in [4.78, 5) is 10.9. The molecule has 14 heavy (non-hydrogen) atoms. The lowest BCUT2D eigenvalue weighted by atomic mass is 10.1. The zero-order chi connectivity index (χ0) is 10.9. The van der Waals surface area contributed by atoms with E-state index >= 15 is 0 Å². The maximum absolute atomic E-state index is 11.3. The van der Waals surface area contributed by atoms with Gasteiger partial charge in [0.2, 0.25) is 5.91 Å². The quantitative estimate of drug-likeness (QED) is 0.777. The van der Waals surface area contributed by atoms with Gasteiger partial charge in [0.1, 0.15) is 0 Å². The van der Waals surface area contributed by atoms with Crippen LogP contribution in [0.5, 0.6) is 0 Å². The number of primary amides is 1. The van der Waals surface area contributed by atoms with E-state index < -0.39 is 15.7 Å². The molecule has 76 valence electrons. The Kier molecular flexibility index (Phi) is 2.62. The van der Waals surface area contributed by atoms with E-state index in [2.05, 4.69) is 0 Å². The molecular formula is C9H11NO3S. The van der Waals surface area contributed by atoms with Gasteiger partial charge in [-0.25, -0.2) is 8.42 Å². The van der Waals surface area contributed by atoms with Crippen LogP contribution in [0.3, 0.4) is 0 Å². The number of carbonyl (C=O) groups is 1. The van der Waals surface area contributed by atoms with Crippen molar-refractivity contribution < 1.29 is 13.2 Å². The third-order valence-electron chi connectivity index (χ3n) is 1.80. The molecular weight excluding hydrogens is 202 g/mol. The lowest BCUT2D eigenvalue weighted by molar-refractivity contribution is 0.0997. The SMILES string of the molecule is Cc1ccc(C(N)=O)c(S(C)(=O)=O)c1. The fraction of sp³-hybridized carbons (Fsp3) is 0.222. The Labute approximate surface area is 82.7 Å². The van der Waals surface area contributed by atoms with E-state index in [9.17, 15) is 13.2 Å². The van der Waals surface area contributed by atoms with E-state index in [1.54, 1.807) is 13.0 Å². The largest absolute Gasteiger partial charge is 0.366 e. The molecule has 0 aliphatic rings. The predicted octanol–water partition coefficient (Wildman–Crippen LogP) is 0.497. The van der Waals surface area contributed by atoms with Crippen molar-refractivity contribution in [3.63, 3.8) is 0 Å². The number of carbonyl (C=O) groups excluding carboxylic acids is 1. The summed E-state index contributed by atoms with van der Waals surface area (Å²) in [5, 5.41) is 0. The third-order valence-corrected chi connectivity index (χ3v) is 2.94. The smallest absolute Gasteiger partial charge is 0.250 e. The minimum Gasteiger partial charge on any atom is -0.366 e. The molecule has 2 N–H and O–H groups in total. The summed E-state index contributed by atoms with van der Waals surface area (Å²) in [6.45, 7) is 1.75. The second-order valence-electron chi connectivity index (χ2n) is 3.14. The number of rotatable bonds is 2. The number of aryl methyl sites for hydroxylation is 1. The highest BCUT2D eigenvalue weighted by Gasteiger charge is 2.16. The lowest BCUT2D eigenvalue weighted by Crippen LogP contribution is -2.15. The van der Waals surface area contributed by atoms with Crippen molar-refractivity contribution in [2.75, 3.05) is 6.26 Å². The van der Waals surface area contributed by atoms with Crippen molar-refractivity contribution in [1.29, 1.82) is 0 Å². The second-order valence-corrected chi connectivity index (χ2v) is 5.12. The Bertz CT molecular complexity index is 477. The van der Waals surface area contributed by atoms with Crippen LogP contribution < -0.4 is 5.73 Å². The number of sulfone groups is 1. The third kappa shape index (κ3) is 2.11. The molecule has 1 amide bonds. The van der Waals surface area contributed by atoms with Gasteiger partial charge >= 0.3 is 0 Å². The van der Waals surface area contributed by atoms with Crippen LogP contribution in [-0.2, 0) is 9.84 Å². The fourth-order valence-electron chi connectivity index (χ4n) is 1.14. The van der Waals surface area contributed by atoms with Crippen molar-refractivity contribution in [2.24, 2.45) is 5.73 Å². The Morgan fingerprint density at radius 2 is 1.93 bits per heavy atom. The Balaban J connectivity index is 3.54. The first-order chi connectivity index (χ1) is 6.32. The normalized spacial score (nSPS) is 11.3. The first kappa shape index (κ1) is 10.7. The predicted molar refractivity (Wildman–Crippen MR) is 52.8 cm³/mol. The highest BCUT2D eigenvalue weighted by Crippen LogP contribution is 2.16. The van der Waals surface area contributed by atoms with E-state index in [0.29, 0.717) is 0 Å². The lowest BCUT2D eigenvalue weighted by Gasteiger charge is -2.05. The summed E-state index contributed by atoms with van der Waals surface area (Å²) in [7, 11) is -3.40. The standard InChI is InChI=1S/C9H11NO3S/c1-6-3-4-7(9(10)11)8(5-6)14(2,12)13/h3-5H,1-2H3,(H2,10,11). The van der Waals surface area contributed by atoms with Crippen LogP contribution in [0.1, 0.15) is 15.9 Å². The van der Waals surface area contributed by atoms with Crippen LogP contribution >= 0.6 is 0 Å². The van der Waals surface area contributed by atoms with Gasteiger partial charge in [-0.1, -0.05) is 6.07 Å². The molecule has 0 aromatic heterocycles. The Morgan fingerprint density at radius 1 is 1.36 bits per heavy atom. The molecule has 0 heterocycles. The zero-order valence-corrected chi connectivity index (χ0v) is 8.76. The van der Waals surface area contributed by atoms with Crippen LogP contribution in [0.25, 0.3) is 0 Å². The number of amides is 1. The second kappa shape index (κ2) is 3.42. The van der Waals surface area contributed by atoms with Gasteiger partial charge in [-0.05, 0) is 24.6 Å². The molecule has 0 aliphatic carbocycles. The van der Waals surface area contributed by atoms with Crippen LogP contribution in [-0.4, -0.2) is 20.6 Å². The molecule has 0 radical (unpaired) electrons. The van der Waals surface area contributed by atoms with E-state index in [1.807, 2.05) is 0 Å². The van der Waals surface area contributed by atoms with Crippen LogP contribution in [0, 0.1) is 6.92 Å². The van der Waals surface area contributed by atoms with Crippen molar-refractivity contribution in [3.8, 4) is 0 Å². The molecule has 1 aromatic rings. The van der Waals surface area contributed by atoms with Crippen LogP contribution in [0.15, 0.2) is 23.1 Å². The summed E-state index contributed by atoms with van der Waals surface area (Å²) in [6.07, 6.45) is 1.05. The summed E-state index contributed by atoms with van der Waals surface area (Å²) in [5.41, 5.74) is 5.87. The zero-order valence-electron chi connectivity index (χ0n) is 7.94. The van der Waals surface area contributed by atoms with E-state index in [-0.39, 0.29) is 10.5 Å². The first-order valence-electron chi connectivity index (χ1n) is 3.93. The van der Waals surface area contributed by atoms with Gasteiger partial charge in [-0.15, -0.1) is 0 Å². The van der Waals surface area contributed by atoms with Gasteiger partial charge in [0.05, 0.1) is 10.5 Å². The summed E-state index contributed by atoms with van der Waals surface area (Å²) in [6, 6.07) is 4.51. The Hall–Kier alpha value is -1.36. The van der Waals surface area contributed by atoms with Gasteiger partial charge in [-0.2, -0.15) is 0 Å². The maximum Gasteiger partial charge on any atom is 0.250 e. The number of hydrogen-bond donors (Lipinski definition) is 1. The van der Waals surface area contributed by atoms with Crippen molar-refractivity contribution >= 4 is 15.7 Å². The molecule has 0 aliphatic heterocycles. The molecule has 1 rings (SSSR count). The fourth-order valence-corrected chi connectivity index (χ4v) is 2.11. The van der Waals surface area contributed by atoms with Crippen molar-refractivity contribution in [2.45, 2.75) is 11.8 Å². The molecule has 4 nitrogen and oxygen atoms in total. The van der Waals surface area contributed by atoms with E-state index in [4.69, 9.17) is 5.73 Å². The van der Waals surface area contributed by atoms with Crippen LogP contribution in [0.4, 0.5) is 0 Å². The monoisotopic (exact) mass is 213 g/mol. The molecule has 0 fully saturated rings. The highest BCUT2D eigenvalue weighted by atomic mass is 32.2. The number of hydrogen-bond acceptors (Lipinski definition) is 3. The minimum atomic E-state index is -3.40. The molecule has 0 spiro atoms. The molecule has 5 heteroatoms. The molecule has 0 unspecified atom stereocenters. The van der Waals surface area contributed by atoms with Crippen LogP contribution in [0.2, 0.25) is 0 Å². The molecule has 0 saturated heterocycles. The summed E-state index contributed by atoms with van der Waals surface area (Å²) in [5.74, 6) is -0.731. The van der Waals surface area contributed by atoms with E-state index in [1.165, 1.54) is 12.1 Å². The molecule has 0 bridgehead atoms. The van der Waals surface area contributed by atoms with Gasteiger partial charge < -0.3 is 5.73 Å².